The van der Waals surface area contributed by atoms with Crippen LogP contribution in [0, 0.1) is 0 Å². The molecule has 0 amide bonds. The molecule has 11 aromatic carbocycles. The van der Waals surface area contributed by atoms with E-state index in [1.165, 1.54) is 80.6 Å². The lowest BCUT2D eigenvalue weighted by molar-refractivity contribution is 1.18. The normalized spacial score (nSPS) is 11.6. The standard InChI is InChI=1S/C64H42N2S/c1-3-17-43(18-4-1)51-28-14-19-45-20-15-30-56(63(45)51)54-26-8-10-31-58(54)65(49-38-35-44(36-39-49)52-29-16-34-62-64(52)57-27-9-12-33-61(57)67-62)50-24-13-21-46(41-50)47-37-40-55-53-25-7-11-32-59(53)66(60(55)42-47)48-22-5-2-6-23-48/h1-42H. The predicted molar refractivity (Wildman–Crippen MR) is 288 cm³/mol. The van der Waals surface area contributed by atoms with Crippen molar-refractivity contribution in [3.05, 3.63) is 255 Å². The average molecular weight is 871 g/mol. The molecule has 0 unspecified atom stereocenters. The zero-order valence-corrected chi connectivity index (χ0v) is 37.4. The molecule has 314 valence electrons. The molecule has 0 aliphatic rings. The number of hydrogen-bond donors (Lipinski definition) is 0. The van der Waals surface area contributed by atoms with Crippen molar-refractivity contribution in [2.45, 2.75) is 0 Å². The molecule has 0 N–H and O–H groups in total. The highest BCUT2D eigenvalue weighted by molar-refractivity contribution is 7.25. The number of anilines is 3. The minimum Gasteiger partial charge on any atom is -0.310 e. The summed E-state index contributed by atoms with van der Waals surface area (Å²) >= 11 is 1.86. The molecule has 2 nitrogen and oxygen atoms in total. The lowest BCUT2D eigenvalue weighted by Crippen LogP contribution is -2.11. The molecule has 13 aromatic rings. The summed E-state index contributed by atoms with van der Waals surface area (Å²) in [5.41, 5.74) is 16.4. The third kappa shape index (κ3) is 6.63. The summed E-state index contributed by atoms with van der Waals surface area (Å²) in [4.78, 5) is 2.45. The van der Waals surface area contributed by atoms with Crippen molar-refractivity contribution in [3.8, 4) is 50.2 Å². The van der Waals surface area contributed by atoms with E-state index in [-0.39, 0.29) is 0 Å². The Hall–Kier alpha value is -8.50. The number of fused-ring (bicyclic) bond motifs is 7. The highest BCUT2D eigenvalue weighted by Gasteiger charge is 2.21. The summed E-state index contributed by atoms with van der Waals surface area (Å²) in [7, 11) is 0. The number of nitrogens with zero attached hydrogens (tertiary/aromatic N) is 2. The molecule has 0 aliphatic heterocycles. The highest BCUT2D eigenvalue weighted by Crippen LogP contribution is 2.47. The van der Waals surface area contributed by atoms with Crippen LogP contribution in [0.25, 0.3) is 103 Å². The molecule has 0 radical (unpaired) electrons. The van der Waals surface area contributed by atoms with E-state index in [4.69, 9.17) is 0 Å². The molecule has 0 saturated carbocycles. The smallest absolute Gasteiger partial charge is 0.0547 e. The second-order valence-electron chi connectivity index (χ2n) is 17.2. The van der Waals surface area contributed by atoms with E-state index in [0.29, 0.717) is 0 Å². The molecule has 3 heteroatoms. The topological polar surface area (TPSA) is 8.17 Å². The van der Waals surface area contributed by atoms with Gasteiger partial charge in [0, 0.05) is 53.6 Å². The molecule has 67 heavy (non-hydrogen) atoms. The third-order valence-electron chi connectivity index (χ3n) is 13.4. The van der Waals surface area contributed by atoms with E-state index in [1.807, 2.05) is 11.3 Å². The fraction of sp³-hybridized carbons (Fsp3) is 0. The molecule has 0 atom stereocenters. The SMILES string of the molecule is c1ccc(-c2cccc3cccc(-c4ccccc4N(c4ccc(-c5cccc6sc7ccccc7c56)cc4)c4cccc(-c5ccc6c7ccccc7n(-c7ccccc7)c6c5)c4)c23)cc1. The predicted octanol–water partition coefficient (Wildman–Crippen LogP) is 18.4. The second-order valence-corrected chi connectivity index (χ2v) is 18.3. The van der Waals surface area contributed by atoms with Crippen LogP contribution in [-0.2, 0) is 0 Å². The van der Waals surface area contributed by atoms with Crippen molar-refractivity contribution in [2.75, 3.05) is 4.90 Å². The van der Waals surface area contributed by atoms with Gasteiger partial charge in [-0.3, -0.25) is 0 Å². The van der Waals surface area contributed by atoms with Crippen LogP contribution >= 0.6 is 11.3 Å². The van der Waals surface area contributed by atoms with Gasteiger partial charge in [0.15, 0.2) is 0 Å². The van der Waals surface area contributed by atoms with Crippen LogP contribution in [0.1, 0.15) is 0 Å². The summed E-state index contributed by atoms with van der Waals surface area (Å²) in [6.07, 6.45) is 0. The van der Waals surface area contributed by atoms with Gasteiger partial charge in [0.2, 0.25) is 0 Å². The van der Waals surface area contributed by atoms with Crippen molar-refractivity contribution in [3.63, 3.8) is 0 Å². The van der Waals surface area contributed by atoms with Gasteiger partial charge in [0.05, 0.1) is 16.7 Å². The first kappa shape index (κ1) is 38.9. The van der Waals surface area contributed by atoms with Crippen LogP contribution < -0.4 is 4.90 Å². The fourth-order valence-electron chi connectivity index (χ4n) is 10.4. The Labute approximate surface area is 393 Å². The Morgan fingerprint density at radius 1 is 0.313 bits per heavy atom. The maximum absolute atomic E-state index is 2.45. The average Bonchev–Trinajstić information content (AvgIpc) is 3.95. The summed E-state index contributed by atoms with van der Waals surface area (Å²) in [6.45, 7) is 0. The van der Waals surface area contributed by atoms with E-state index >= 15 is 0 Å². The minimum absolute atomic E-state index is 1.08. The molecule has 0 spiro atoms. The van der Waals surface area contributed by atoms with E-state index < -0.39 is 0 Å². The summed E-state index contributed by atoms with van der Waals surface area (Å²) < 4.78 is 5.02. The molecule has 13 rings (SSSR count). The number of thiophene rings is 1. The Morgan fingerprint density at radius 2 is 0.881 bits per heavy atom. The zero-order chi connectivity index (χ0) is 44.3. The largest absolute Gasteiger partial charge is 0.310 e. The van der Waals surface area contributed by atoms with Crippen molar-refractivity contribution in [1.29, 1.82) is 0 Å². The van der Waals surface area contributed by atoms with Crippen LogP contribution in [0.4, 0.5) is 17.1 Å². The minimum atomic E-state index is 1.08. The maximum atomic E-state index is 2.45. The van der Waals surface area contributed by atoms with E-state index in [2.05, 4.69) is 264 Å². The lowest BCUT2D eigenvalue weighted by Gasteiger charge is -2.29. The molecule has 0 aliphatic carbocycles. The van der Waals surface area contributed by atoms with Crippen molar-refractivity contribution < 1.29 is 0 Å². The number of benzene rings is 11. The number of para-hydroxylation sites is 3. The van der Waals surface area contributed by atoms with Gasteiger partial charge in [-0.05, 0) is 116 Å². The molecular formula is C64H42N2S. The third-order valence-corrected chi connectivity index (χ3v) is 14.5. The maximum Gasteiger partial charge on any atom is 0.0547 e. The first-order valence-corrected chi connectivity index (χ1v) is 23.7. The molecule has 2 aromatic heterocycles. The summed E-state index contributed by atoms with van der Waals surface area (Å²) in [5.74, 6) is 0. The first-order chi connectivity index (χ1) is 33.2. The van der Waals surface area contributed by atoms with Crippen molar-refractivity contribution >= 4 is 81.1 Å². The van der Waals surface area contributed by atoms with Gasteiger partial charge in [-0.25, -0.2) is 0 Å². The van der Waals surface area contributed by atoms with Crippen LogP contribution in [0.5, 0.6) is 0 Å². The Bertz CT molecular complexity index is 3970. The molecular weight excluding hydrogens is 829 g/mol. The monoisotopic (exact) mass is 870 g/mol. The second kappa shape index (κ2) is 16.2. The Balaban J connectivity index is 1.00. The van der Waals surface area contributed by atoms with Gasteiger partial charge in [-0.15, -0.1) is 11.3 Å². The lowest BCUT2D eigenvalue weighted by atomic mass is 9.90. The number of hydrogen-bond acceptors (Lipinski definition) is 2. The van der Waals surface area contributed by atoms with Gasteiger partial charge < -0.3 is 9.47 Å². The van der Waals surface area contributed by atoms with Crippen molar-refractivity contribution in [1.82, 2.24) is 4.57 Å². The highest BCUT2D eigenvalue weighted by atomic mass is 32.1. The Morgan fingerprint density at radius 3 is 1.72 bits per heavy atom. The molecule has 0 fully saturated rings. The molecule has 0 saturated heterocycles. The summed E-state index contributed by atoms with van der Waals surface area (Å²) in [5, 5.41) is 7.57. The molecule has 0 bridgehead atoms. The van der Waals surface area contributed by atoms with Crippen LogP contribution in [0.3, 0.4) is 0 Å². The first-order valence-electron chi connectivity index (χ1n) is 22.9. The van der Waals surface area contributed by atoms with E-state index in [1.54, 1.807) is 0 Å². The fourth-order valence-corrected chi connectivity index (χ4v) is 11.5. The van der Waals surface area contributed by atoms with Crippen LogP contribution in [0.15, 0.2) is 255 Å². The van der Waals surface area contributed by atoms with Gasteiger partial charge in [-0.2, -0.15) is 0 Å². The van der Waals surface area contributed by atoms with E-state index in [0.717, 1.165) is 39.4 Å². The Kier molecular flexibility index (Phi) is 9.40. The van der Waals surface area contributed by atoms with Gasteiger partial charge in [0.25, 0.3) is 0 Å². The number of aromatic nitrogens is 1. The summed E-state index contributed by atoms with van der Waals surface area (Å²) in [6, 6.07) is 93.2. The van der Waals surface area contributed by atoms with Gasteiger partial charge in [-0.1, -0.05) is 188 Å². The van der Waals surface area contributed by atoms with Crippen molar-refractivity contribution in [2.24, 2.45) is 0 Å². The van der Waals surface area contributed by atoms with Gasteiger partial charge in [0.1, 0.15) is 0 Å². The van der Waals surface area contributed by atoms with Crippen LogP contribution in [0.2, 0.25) is 0 Å². The van der Waals surface area contributed by atoms with Gasteiger partial charge >= 0.3 is 0 Å². The quantitative estimate of drug-likeness (QED) is 0.148. The number of rotatable bonds is 8. The van der Waals surface area contributed by atoms with Crippen LogP contribution in [-0.4, -0.2) is 4.57 Å². The molecule has 2 heterocycles. The van der Waals surface area contributed by atoms with E-state index in [9.17, 15) is 0 Å². The zero-order valence-electron chi connectivity index (χ0n) is 36.6.